The fourth-order valence-electron chi connectivity index (χ4n) is 2.07. The second kappa shape index (κ2) is 6.91. The van der Waals surface area contributed by atoms with Crippen molar-refractivity contribution in [2.75, 3.05) is 11.9 Å². The maximum atomic E-state index is 3.57. The average molecular weight is 403 g/mol. The number of anilines is 1. The number of nitrogens with zero attached hydrogens (tertiary/aromatic N) is 1. The van der Waals surface area contributed by atoms with Gasteiger partial charge in [0.1, 0.15) is 0 Å². The summed E-state index contributed by atoms with van der Waals surface area (Å²) < 4.78 is 1.13. The lowest BCUT2D eigenvalue weighted by Crippen LogP contribution is -2.31. The third-order valence-corrected chi connectivity index (χ3v) is 5.31. The molecule has 1 aromatic heterocycles. The van der Waals surface area contributed by atoms with E-state index in [1.165, 1.54) is 16.1 Å². The minimum Gasteiger partial charge on any atom is -0.371 e. The van der Waals surface area contributed by atoms with Crippen LogP contribution in [0.5, 0.6) is 0 Å². The van der Waals surface area contributed by atoms with Crippen LogP contribution in [0, 0.1) is 0 Å². The molecule has 1 aromatic carbocycles. The van der Waals surface area contributed by atoms with Gasteiger partial charge in [-0.3, -0.25) is 0 Å². The molecule has 0 aliphatic rings. The van der Waals surface area contributed by atoms with Gasteiger partial charge in [0.2, 0.25) is 0 Å². The van der Waals surface area contributed by atoms with Gasteiger partial charge in [-0.15, -0.1) is 11.3 Å². The Bertz CT molecular complexity index is 525. The van der Waals surface area contributed by atoms with Crippen LogP contribution in [-0.2, 0) is 11.8 Å². The van der Waals surface area contributed by atoms with E-state index in [1.54, 1.807) is 0 Å². The highest BCUT2D eigenvalue weighted by atomic mass is 79.9. The van der Waals surface area contributed by atoms with Crippen LogP contribution in [0.25, 0.3) is 0 Å². The van der Waals surface area contributed by atoms with E-state index >= 15 is 0 Å². The van der Waals surface area contributed by atoms with Gasteiger partial charge in [-0.1, -0.05) is 44.0 Å². The van der Waals surface area contributed by atoms with Crippen molar-refractivity contribution in [2.24, 2.45) is 0 Å². The maximum Gasteiger partial charge on any atom is 0.0418 e. The molecule has 1 atom stereocenters. The van der Waals surface area contributed by atoms with Gasteiger partial charge in [0, 0.05) is 39.9 Å². The van der Waals surface area contributed by atoms with Crippen molar-refractivity contribution in [3.8, 4) is 0 Å². The van der Waals surface area contributed by atoms with Gasteiger partial charge >= 0.3 is 0 Å². The summed E-state index contributed by atoms with van der Waals surface area (Å²) in [5.41, 5.74) is 2.61. The first-order valence-electron chi connectivity index (χ1n) is 6.21. The number of benzene rings is 1. The van der Waals surface area contributed by atoms with Crippen molar-refractivity contribution in [1.29, 1.82) is 0 Å². The van der Waals surface area contributed by atoms with Crippen LogP contribution in [0.3, 0.4) is 0 Å². The lowest BCUT2D eigenvalue weighted by Gasteiger charge is -2.29. The van der Waals surface area contributed by atoms with Gasteiger partial charge < -0.3 is 4.90 Å². The Balaban J connectivity index is 2.18. The summed E-state index contributed by atoms with van der Waals surface area (Å²) in [6, 6.07) is 11.3. The third kappa shape index (κ3) is 3.83. The number of hydrogen-bond donors (Lipinski definition) is 0. The monoisotopic (exact) mass is 401 g/mol. The molecule has 0 bridgehead atoms. The highest BCUT2D eigenvalue weighted by molar-refractivity contribution is 9.10. The van der Waals surface area contributed by atoms with Crippen molar-refractivity contribution >= 4 is 48.9 Å². The van der Waals surface area contributed by atoms with Gasteiger partial charge in [0.15, 0.2) is 0 Å². The zero-order chi connectivity index (χ0) is 13.8. The molecule has 1 unspecified atom stereocenters. The first-order valence-corrected chi connectivity index (χ1v) is 9.01. The molecule has 0 saturated carbocycles. The molecule has 0 aliphatic carbocycles. The first kappa shape index (κ1) is 15.1. The summed E-state index contributed by atoms with van der Waals surface area (Å²) in [6.07, 6.45) is 1.09. The predicted octanol–water partition coefficient (Wildman–Crippen LogP) is 5.47. The van der Waals surface area contributed by atoms with Crippen molar-refractivity contribution < 1.29 is 0 Å². The highest BCUT2D eigenvalue weighted by Gasteiger charge is 2.14. The van der Waals surface area contributed by atoms with Crippen LogP contribution in [-0.4, -0.2) is 13.1 Å². The van der Waals surface area contributed by atoms with Crippen molar-refractivity contribution in [2.45, 2.75) is 24.7 Å². The molecule has 0 amide bonds. The van der Waals surface area contributed by atoms with E-state index in [0.29, 0.717) is 6.04 Å². The van der Waals surface area contributed by atoms with Crippen molar-refractivity contribution in [3.05, 3.63) is 50.6 Å². The summed E-state index contributed by atoms with van der Waals surface area (Å²) >= 11 is 8.97. The lowest BCUT2D eigenvalue weighted by atomic mass is 10.1. The smallest absolute Gasteiger partial charge is 0.0418 e. The fourth-order valence-corrected chi connectivity index (χ4v) is 3.72. The molecular weight excluding hydrogens is 386 g/mol. The Kier molecular flexibility index (Phi) is 5.48. The SMILES string of the molecule is CC(Cc1cccs1)N(C)c1cc(Br)ccc1CBr. The molecule has 19 heavy (non-hydrogen) atoms. The summed E-state index contributed by atoms with van der Waals surface area (Å²) in [4.78, 5) is 3.80. The molecule has 0 N–H and O–H groups in total. The lowest BCUT2D eigenvalue weighted by molar-refractivity contribution is 0.686. The predicted molar refractivity (Wildman–Crippen MR) is 92.7 cm³/mol. The minimum absolute atomic E-state index is 0.478. The fraction of sp³-hybridized carbons (Fsp3) is 0.333. The number of rotatable bonds is 5. The summed E-state index contributed by atoms with van der Waals surface area (Å²) in [5.74, 6) is 0. The quantitative estimate of drug-likeness (QED) is 0.599. The minimum atomic E-state index is 0.478. The normalized spacial score (nSPS) is 12.4. The van der Waals surface area contributed by atoms with E-state index in [1.807, 2.05) is 11.3 Å². The molecule has 1 nitrogen and oxygen atoms in total. The van der Waals surface area contributed by atoms with Crippen molar-refractivity contribution in [3.63, 3.8) is 0 Å². The van der Waals surface area contributed by atoms with E-state index in [9.17, 15) is 0 Å². The van der Waals surface area contributed by atoms with Crippen LogP contribution < -0.4 is 4.90 Å². The number of halogens is 2. The second-order valence-electron chi connectivity index (χ2n) is 4.65. The zero-order valence-corrected chi connectivity index (χ0v) is 15.1. The number of hydrogen-bond acceptors (Lipinski definition) is 2. The molecule has 102 valence electrons. The Morgan fingerprint density at radius 2 is 2.11 bits per heavy atom. The molecule has 0 aliphatic heterocycles. The summed E-state index contributed by atoms with van der Waals surface area (Å²) in [7, 11) is 2.17. The Morgan fingerprint density at radius 3 is 2.74 bits per heavy atom. The Hall–Kier alpha value is -0.320. The van der Waals surface area contributed by atoms with Gasteiger partial charge in [0.05, 0.1) is 0 Å². The maximum absolute atomic E-state index is 3.57. The van der Waals surface area contributed by atoms with E-state index < -0.39 is 0 Å². The number of thiophene rings is 1. The van der Waals surface area contributed by atoms with Crippen LogP contribution >= 0.6 is 43.2 Å². The Labute approximate surface area is 135 Å². The highest BCUT2D eigenvalue weighted by Crippen LogP contribution is 2.28. The van der Waals surface area contributed by atoms with E-state index in [0.717, 1.165) is 16.2 Å². The van der Waals surface area contributed by atoms with E-state index in [2.05, 4.69) is 86.4 Å². The number of alkyl halides is 1. The molecule has 0 radical (unpaired) electrons. The molecule has 0 saturated heterocycles. The Morgan fingerprint density at radius 1 is 1.32 bits per heavy atom. The van der Waals surface area contributed by atoms with Crippen LogP contribution in [0.15, 0.2) is 40.2 Å². The average Bonchev–Trinajstić information content (AvgIpc) is 2.90. The van der Waals surface area contributed by atoms with E-state index in [-0.39, 0.29) is 0 Å². The van der Waals surface area contributed by atoms with E-state index in [4.69, 9.17) is 0 Å². The molecule has 4 heteroatoms. The van der Waals surface area contributed by atoms with Gasteiger partial charge in [0.25, 0.3) is 0 Å². The third-order valence-electron chi connectivity index (χ3n) is 3.31. The first-order chi connectivity index (χ1) is 9.11. The molecule has 0 spiro atoms. The second-order valence-corrected chi connectivity index (χ2v) is 7.16. The van der Waals surface area contributed by atoms with Crippen LogP contribution in [0.4, 0.5) is 5.69 Å². The van der Waals surface area contributed by atoms with Crippen LogP contribution in [0.2, 0.25) is 0 Å². The van der Waals surface area contributed by atoms with Gasteiger partial charge in [-0.25, -0.2) is 0 Å². The molecule has 2 rings (SSSR count). The standard InChI is InChI=1S/C15H17Br2NS/c1-11(8-14-4-3-7-19-14)18(2)15-9-13(17)6-5-12(15)10-16/h3-7,9,11H,8,10H2,1-2H3. The molecular formula is C15H17Br2NS. The van der Waals surface area contributed by atoms with Crippen molar-refractivity contribution in [1.82, 2.24) is 0 Å². The molecule has 2 aromatic rings. The van der Waals surface area contributed by atoms with Gasteiger partial charge in [-0.2, -0.15) is 0 Å². The molecule has 1 heterocycles. The summed E-state index contributed by atoms with van der Waals surface area (Å²) in [6.45, 7) is 2.28. The summed E-state index contributed by atoms with van der Waals surface area (Å²) in [5, 5.41) is 3.02. The largest absolute Gasteiger partial charge is 0.371 e. The molecule has 0 fully saturated rings. The number of likely N-dealkylation sites (N-methyl/N-ethyl adjacent to an activating group) is 1. The van der Waals surface area contributed by atoms with Crippen LogP contribution in [0.1, 0.15) is 17.4 Å². The van der Waals surface area contributed by atoms with Gasteiger partial charge in [-0.05, 0) is 36.1 Å². The topological polar surface area (TPSA) is 3.24 Å². The zero-order valence-electron chi connectivity index (χ0n) is 11.1.